The number of rotatable bonds is 5. The van der Waals surface area contributed by atoms with Crippen LogP contribution < -0.4 is 11.3 Å². The molecule has 5 heteroatoms. The summed E-state index contributed by atoms with van der Waals surface area (Å²) in [5, 5.41) is 1.10. The van der Waals surface area contributed by atoms with Crippen molar-refractivity contribution in [3.63, 3.8) is 0 Å². The normalized spacial score (nSPS) is 19.8. The molecular weight excluding hydrogens is 295 g/mol. The third-order valence-electron chi connectivity index (χ3n) is 4.21. The highest BCUT2D eigenvalue weighted by molar-refractivity contribution is 6.42. The minimum atomic E-state index is -0.144. The maximum atomic E-state index is 6.32. The third kappa shape index (κ3) is 3.46. The molecule has 3 N–H and O–H groups in total. The molecule has 2 rings (SSSR count). The molecule has 0 saturated heterocycles. The maximum absolute atomic E-state index is 6.32. The van der Waals surface area contributed by atoms with E-state index in [0.29, 0.717) is 16.0 Å². The van der Waals surface area contributed by atoms with E-state index in [1.165, 1.54) is 32.1 Å². The van der Waals surface area contributed by atoms with Crippen molar-refractivity contribution in [1.82, 2.24) is 5.43 Å². The van der Waals surface area contributed by atoms with Gasteiger partial charge in [0, 0.05) is 7.11 Å². The Morgan fingerprint density at radius 1 is 1.25 bits per heavy atom. The summed E-state index contributed by atoms with van der Waals surface area (Å²) < 4.78 is 5.75. The number of ether oxygens (including phenoxy) is 1. The predicted molar refractivity (Wildman–Crippen MR) is 83.9 cm³/mol. The second kappa shape index (κ2) is 7.62. The van der Waals surface area contributed by atoms with Crippen LogP contribution in [0.15, 0.2) is 18.2 Å². The van der Waals surface area contributed by atoms with Gasteiger partial charge < -0.3 is 4.74 Å². The number of hydrogen-bond donors (Lipinski definition) is 2. The lowest BCUT2D eigenvalue weighted by Gasteiger charge is -2.35. The first-order chi connectivity index (χ1) is 9.69. The van der Waals surface area contributed by atoms with Crippen LogP contribution in [0.5, 0.6) is 0 Å². The van der Waals surface area contributed by atoms with Crippen molar-refractivity contribution >= 4 is 23.2 Å². The maximum Gasteiger partial charge on any atom is 0.0807 e. The summed E-state index contributed by atoms with van der Waals surface area (Å²) in [4.78, 5) is 0. The molecule has 1 aromatic carbocycles. The summed E-state index contributed by atoms with van der Waals surface area (Å²) in [5.74, 6) is 6.28. The van der Waals surface area contributed by atoms with E-state index in [4.69, 9.17) is 33.8 Å². The minimum absolute atomic E-state index is 0.0104. The molecule has 0 radical (unpaired) electrons. The van der Waals surface area contributed by atoms with Gasteiger partial charge in [0.05, 0.1) is 22.2 Å². The van der Waals surface area contributed by atoms with Gasteiger partial charge >= 0.3 is 0 Å². The van der Waals surface area contributed by atoms with E-state index in [-0.39, 0.29) is 12.1 Å². The van der Waals surface area contributed by atoms with Crippen LogP contribution in [0, 0.1) is 5.92 Å². The molecule has 2 unspecified atom stereocenters. The number of hydrazine groups is 1. The highest BCUT2D eigenvalue weighted by Crippen LogP contribution is 2.37. The smallest absolute Gasteiger partial charge is 0.0807 e. The molecule has 0 bridgehead atoms. The topological polar surface area (TPSA) is 47.3 Å². The van der Waals surface area contributed by atoms with Crippen molar-refractivity contribution in [3.8, 4) is 0 Å². The fraction of sp³-hybridized carbons (Fsp3) is 0.600. The van der Waals surface area contributed by atoms with E-state index in [1.807, 2.05) is 12.1 Å². The van der Waals surface area contributed by atoms with Gasteiger partial charge in [-0.2, -0.15) is 0 Å². The van der Waals surface area contributed by atoms with Crippen molar-refractivity contribution in [1.29, 1.82) is 0 Å². The molecule has 1 aromatic rings. The molecule has 20 heavy (non-hydrogen) atoms. The second-order valence-electron chi connectivity index (χ2n) is 5.39. The van der Waals surface area contributed by atoms with Crippen LogP contribution in [-0.2, 0) is 4.74 Å². The summed E-state index contributed by atoms with van der Waals surface area (Å²) in [7, 11) is 1.74. The Balaban J connectivity index is 2.26. The summed E-state index contributed by atoms with van der Waals surface area (Å²) >= 11 is 12.4. The quantitative estimate of drug-likeness (QED) is 0.635. The van der Waals surface area contributed by atoms with Crippen LogP contribution in [0.3, 0.4) is 0 Å². The van der Waals surface area contributed by atoms with Crippen molar-refractivity contribution in [2.75, 3.05) is 7.11 Å². The van der Waals surface area contributed by atoms with Gasteiger partial charge in [-0.15, -0.1) is 0 Å². The summed E-state index contributed by atoms with van der Waals surface area (Å²) in [6.07, 6.45) is 6.18. The van der Waals surface area contributed by atoms with Gasteiger partial charge in [-0.3, -0.25) is 11.3 Å². The molecular formula is C15H22Cl2N2O. The fourth-order valence-electron chi connectivity index (χ4n) is 3.19. The van der Waals surface area contributed by atoms with E-state index in [9.17, 15) is 0 Å². The molecule has 0 aliphatic heterocycles. The van der Waals surface area contributed by atoms with Gasteiger partial charge in [0.25, 0.3) is 0 Å². The average Bonchev–Trinajstić information content (AvgIpc) is 2.49. The van der Waals surface area contributed by atoms with Crippen LogP contribution in [0.2, 0.25) is 10.0 Å². The first-order valence-corrected chi connectivity index (χ1v) is 7.87. The lowest BCUT2D eigenvalue weighted by Crippen LogP contribution is -2.42. The molecule has 0 aromatic heterocycles. The number of nitrogens with two attached hydrogens (primary N) is 1. The molecule has 0 spiro atoms. The molecule has 1 fully saturated rings. The van der Waals surface area contributed by atoms with Gasteiger partial charge in [-0.05, 0) is 30.4 Å². The van der Waals surface area contributed by atoms with Crippen LogP contribution >= 0.6 is 23.2 Å². The van der Waals surface area contributed by atoms with Crippen LogP contribution in [0.25, 0.3) is 0 Å². The number of methoxy groups -OCH3 is 1. The Morgan fingerprint density at radius 2 is 1.95 bits per heavy atom. The Morgan fingerprint density at radius 3 is 2.55 bits per heavy atom. The Bertz CT molecular complexity index is 436. The van der Waals surface area contributed by atoms with E-state index in [1.54, 1.807) is 13.2 Å². The van der Waals surface area contributed by atoms with Crippen molar-refractivity contribution in [2.24, 2.45) is 11.8 Å². The van der Waals surface area contributed by atoms with E-state index in [2.05, 4.69) is 5.43 Å². The summed E-state index contributed by atoms with van der Waals surface area (Å²) in [5.41, 5.74) is 3.77. The largest absolute Gasteiger partial charge is 0.379 e. The van der Waals surface area contributed by atoms with Crippen LogP contribution in [0.1, 0.15) is 43.7 Å². The fourth-order valence-corrected chi connectivity index (χ4v) is 3.61. The van der Waals surface area contributed by atoms with Crippen molar-refractivity contribution < 1.29 is 4.74 Å². The third-order valence-corrected chi connectivity index (χ3v) is 5.04. The lowest BCUT2D eigenvalue weighted by atomic mass is 9.81. The molecule has 0 heterocycles. The van der Waals surface area contributed by atoms with Gasteiger partial charge in [-0.1, -0.05) is 54.6 Å². The van der Waals surface area contributed by atoms with Crippen molar-refractivity contribution in [2.45, 2.75) is 44.2 Å². The Labute approximate surface area is 130 Å². The molecule has 0 amide bonds. The highest BCUT2D eigenvalue weighted by atomic mass is 35.5. The van der Waals surface area contributed by atoms with E-state index >= 15 is 0 Å². The molecule has 2 atom stereocenters. The van der Waals surface area contributed by atoms with Gasteiger partial charge in [0.2, 0.25) is 0 Å². The van der Waals surface area contributed by atoms with Crippen LogP contribution in [-0.4, -0.2) is 13.2 Å². The zero-order valence-corrected chi connectivity index (χ0v) is 13.3. The van der Waals surface area contributed by atoms with E-state index < -0.39 is 0 Å². The Hall–Kier alpha value is -0.320. The van der Waals surface area contributed by atoms with Gasteiger partial charge in [-0.25, -0.2) is 0 Å². The molecule has 1 aliphatic rings. The number of halogens is 2. The van der Waals surface area contributed by atoms with Crippen LogP contribution in [0.4, 0.5) is 0 Å². The van der Waals surface area contributed by atoms with Gasteiger partial charge in [0.15, 0.2) is 0 Å². The SMILES string of the molecule is COC(C1CCCCC1)C(NN)c1cccc(Cl)c1Cl. The Kier molecular flexibility index (Phi) is 6.12. The zero-order valence-electron chi connectivity index (χ0n) is 11.7. The highest BCUT2D eigenvalue weighted by Gasteiger charge is 2.32. The number of benzene rings is 1. The lowest BCUT2D eigenvalue weighted by molar-refractivity contribution is 0.00752. The summed E-state index contributed by atoms with van der Waals surface area (Å²) in [6.45, 7) is 0. The molecule has 1 aliphatic carbocycles. The molecule has 3 nitrogen and oxygen atoms in total. The predicted octanol–water partition coefficient (Wildman–Crippen LogP) is 4.09. The second-order valence-corrected chi connectivity index (χ2v) is 6.17. The summed E-state index contributed by atoms with van der Waals surface area (Å²) in [6, 6.07) is 5.48. The molecule has 112 valence electrons. The average molecular weight is 317 g/mol. The first-order valence-electron chi connectivity index (χ1n) is 7.12. The standard InChI is InChI=1S/C15H22Cl2N2O/c1-20-15(10-6-3-2-4-7-10)14(19-18)11-8-5-9-12(16)13(11)17/h5,8-10,14-15,19H,2-4,6-7,18H2,1H3. The van der Waals surface area contributed by atoms with E-state index in [0.717, 1.165) is 5.56 Å². The monoisotopic (exact) mass is 316 g/mol. The van der Waals surface area contributed by atoms with Crippen molar-refractivity contribution in [3.05, 3.63) is 33.8 Å². The minimum Gasteiger partial charge on any atom is -0.379 e. The number of nitrogens with one attached hydrogen (secondary N) is 1. The van der Waals surface area contributed by atoms with Gasteiger partial charge in [0.1, 0.15) is 0 Å². The number of hydrogen-bond acceptors (Lipinski definition) is 3. The first kappa shape index (κ1) is 16.1. The molecule has 1 saturated carbocycles. The zero-order chi connectivity index (χ0) is 14.5.